The van der Waals surface area contributed by atoms with E-state index in [1.807, 2.05) is 13.1 Å². The summed E-state index contributed by atoms with van der Waals surface area (Å²) >= 11 is 0. The van der Waals surface area contributed by atoms with E-state index in [0.29, 0.717) is 5.92 Å². The predicted molar refractivity (Wildman–Crippen MR) is 166 cm³/mol. The van der Waals surface area contributed by atoms with Crippen LogP contribution < -0.4 is 13.9 Å². The Kier molecular flexibility index (Phi) is 5.24. The van der Waals surface area contributed by atoms with E-state index in [4.69, 9.17) is 14.7 Å². The first-order valence-electron chi connectivity index (χ1n) is 14.6. The molecular weight excluding hydrogens is 518 g/mol. The van der Waals surface area contributed by atoms with Gasteiger partial charge in [-0.05, 0) is 49.6 Å². The van der Waals surface area contributed by atoms with Gasteiger partial charge in [-0.15, -0.1) is 0 Å². The van der Waals surface area contributed by atoms with Crippen LogP contribution in [0.1, 0.15) is 47.8 Å². The summed E-state index contributed by atoms with van der Waals surface area (Å²) in [7, 11) is 4.26. The van der Waals surface area contributed by atoms with Crippen LogP contribution in [0.4, 0.5) is 0 Å². The quantitative estimate of drug-likeness (QED) is 0.173. The molecule has 206 valence electrons. The lowest BCUT2D eigenvalue weighted by atomic mass is 9.90. The van der Waals surface area contributed by atoms with Crippen molar-refractivity contribution in [3.63, 3.8) is 0 Å². The van der Waals surface area contributed by atoms with E-state index in [9.17, 15) is 0 Å². The number of pyridine rings is 4. The third-order valence-corrected chi connectivity index (χ3v) is 9.04. The average Bonchev–Trinajstić information content (AvgIpc) is 3.29. The molecule has 0 unspecified atom stereocenters. The van der Waals surface area contributed by atoms with Crippen LogP contribution in [0.5, 0.6) is 11.5 Å². The molecule has 0 amide bonds. The number of hydrogen-bond donors (Lipinski definition) is 0. The predicted octanol–water partition coefficient (Wildman–Crippen LogP) is 6.94. The summed E-state index contributed by atoms with van der Waals surface area (Å²) in [5, 5.41) is 2.36. The summed E-state index contributed by atoms with van der Waals surface area (Å²) in [6.45, 7) is 8.68. The average molecular weight is 552 g/mol. The number of benzene rings is 2. The van der Waals surface area contributed by atoms with Crippen molar-refractivity contribution in [1.29, 1.82) is 0 Å². The Morgan fingerprint density at radius 1 is 0.857 bits per heavy atom. The second-order valence-corrected chi connectivity index (χ2v) is 11.9. The summed E-state index contributed by atoms with van der Waals surface area (Å²) in [4.78, 5) is 10.1. The van der Waals surface area contributed by atoms with Gasteiger partial charge in [-0.1, -0.05) is 38.1 Å². The summed E-state index contributed by atoms with van der Waals surface area (Å²) in [5.41, 5.74) is 13.5. The van der Waals surface area contributed by atoms with Gasteiger partial charge in [0.15, 0.2) is 23.0 Å². The summed E-state index contributed by atoms with van der Waals surface area (Å²) in [5.74, 6) is 2.00. The van der Waals surface area contributed by atoms with Gasteiger partial charge in [-0.25, -0.2) is 9.13 Å². The summed E-state index contributed by atoms with van der Waals surface area (Å²) < 4.78 is 13.7. The van der Waals surface area contributed by atoms with Crippen LogP contribution in [0.2, 0.25) is 0 Å². The minimum absolute atomic E-state index is 0.348. The van der Waals surface area contributed by atoms with Crippen LogP contribution in [0.15, 0.2) is 73.1 Å². The molecule has 42 heavy (non-hydrogen) atoms. The molecule has 0 saturated carbocycles. The molecule has 5 aromatic heterocycles. The molecule has 0 aliphatic carbocycles. The third-order valence-electron chi connectivity index (χ3n) is 9.04. The second-order valence-electron chi connectivity index (χ2n) is 11.9. The molecule has 2 aromatic carbocycles. The van der Waals surface area contributed by atoms with Gasteiger partial charge in [0.25, 0.3) is 5.65 Å². The number of rotatable bonds is 2. The van der Waals surface area contributed by atoms with Crippen LogP contribution in [0, 0.1) is 13.8 Å². The molecule has 8 rings (SSSR count). The Morgan fingerprint density at radius 3 is 2.45 bits per heavy atom. The maximum absolute atomic E-state index is 6.77. The van der Waals surface area contributed by atoms with Gasteiger partial charge in [0.1, 0.15) is 18.3 Å². The molecule has 1 aliphatic heterocycles. The number of para-hydroxylation sites is 2. The topological polar surface area (TPSA) is 47.2 Å². The maximum Gasteiger partial charge on any atom is 0.297 e. The van der Waals surface area contributed by atoms with E-state index >= 15 is 0 Å². The van der Waals surface area contributed by atoms with Gasteiger partial charge in [0.2, 0.25) is 5.69 Å². The Balaban J connectivity index is 1.56. The number of ether oxygens (including phenoxy) is 1. The van der Waals surface area contributed by atoms with Crippen molar-refractivity contribution in [3.8, 4) is 22.8 Å². The van der Waals surface area contributed by atoms with Crippen molar-refractivity contribution in [1.82, 2.24) is 14.4 Å². The molecule has 7 aromatic rings. The molecule has 6 nitrogen and oxygen atoms in total. The van der Waals surface area contributed by atoms with E-state index in [1.165, 1.54) is 38.6 Å². The van der Waals surface area contributed by atoms with Crippen molar-refractivity contribution >= 4 is 38.5 Å². The number of aromatic nitrogens is 5. The Hall–Kier alpha value is -4.84. The van der Waals surface area contributed by atoms with E-state index in [2.05, 4.69) is 115 Å². The normalized spacial score (nSPS) is 12.8. The van der Waals surface area contributed by atoms with Gasteiger partial charge < -0.3 is 4.74 Å². The lowest BCUT2D eigenvalue weighted by molar-refractivity contribution is -0.660. The SMILES string of the molecule is Cc1nc(C)c(-c2cccc[n+]2C)c2c1Oc1cnc3c4c(C(C)C)cccc4n4c5ccccc5[n+](C)c4c3c1C2. The Morgan fingerprint density at radius 2 is 1.64 bits per heavy atom. The highest BCUT2D eigenvalue weighted by atomic mass is 16.5. The highest BCUT2D eigenvalue weighted by Gasteiger charge is 2.33. The van der Waals surface area contributed by atoms with Crippen molar-refractivity contribution in [2.45, 2.75) is 40.0 Å². The monoisotopic (exact) mass is 551 g/mol. The zero-order valence-corrected chi connectivity index (χ0v) is 24.9. The molecule has 6 heteroatoms. The second kappa shape index (κ2) is 8.83. The van der Waals surface area contributed by atoms with E-state index < -0.39 is 0 Å². The minimum atomic E-state index is 0.348. The first-order valence-corrected chi connectivity index (χ1v) is 14.6. The maximum atomic E-state index is 6.77. The van der Waals surface area contributed by atoms with Gasteiger partial charge in [-0.2, -0.15) is 4.40 Å². The minimum Gasteiger partial charge on any atom is -0.453 e. The third kappa shape index (κ3) is 3.26. The zero-order valence-electron chi connectivity index (χ0n) is 24.9. The van der Waals surface area contributed by atoms with Crippen molar-refractivity contribution in [2.24, 2.45) is 14.1 Å². The first-order chi connectivity index (χ1) is 20.3. The lowest BCUT2D eigenvalue weighted by Gasteiger charge is -2.25. The number of imidazole rings is 1. The fourth-order valence-corrected chi connectivity index (χ4v) is 7.17. The van der Waals surface area contributed by atoms with Crippen LogP contribution in [-0.2, 0) is 20.5 Å². The number of hydrogen-bond acceptors (Lipinski definition) is 3. The molecule has 0 spiro atoms. The molecule has 0 saturated heterocycles. The molecule has 6 heterocycles. The van der Waals surface area contributed by atoms with Gasteiger partial charge in [0.05, 0.1) is 46.5 Å². The fraction of sp³-hybridized carbons (Fsp3) is 0.222. The highest BCUT2D eigenvalue weighted by Crippen LogP contribution is 2.47. The van der Waals surface area contributed by atoms with E-state index in [0.717, 1.165) is 57.1 Å². The number of fused-ring (bicyclic) bond motifs is 11. The summed E-state index contributed by atoms with van der Waals surface area (Å²) in [6.07, 6.45) is 4.75. The van der Waals surface area contributed by atoms with Gasteiger partial charge in [-0.3, -0.25) is 9.97 Å². The lowest BCUT2D eigenvalue weighted by Crippen LogP contribution is -2.31. The van der Waals surface area contributed by atoms with Crippen molar-refractivity contribution in [2.75, 3.05) is 0 Å². The fourth-order valence-electron chi connectivity index (χ4n) is 7.17. The molecule has 0 fully saturated rings. The van der Waals surface area contributed by atoms with Crippen molar-refractivity contribution in [3.05, 3.63) is 101 Å². The van der Waals surface area contributed by atoms with Gasteiger partial charge >= 0.3 is 0 Å². The van der Waals surface area contributed by atoms with Crippen LogP contribution in [0.25, 0.3) is 49.7 Å². The van der Waals surface area contributed by atoms with Crippen LogP contribution in [-0.4, -0.2) is 14.4 Å². The smallest absolute Gasteiger partial charge is 0.297 e. The zero-order chi connectivity index (χ0) is 28.9. The molecule has 0 radical (unpaired) electrons. The molecule has 0 bridgehead atoms. The largest absolute Gasteiger partial charge is 0.453 e. The number of nitrogens with zero attached hydrogens (tertiary/aromatic N) is 5. The van der Waals surface area contributed by atoms with Crippen LogP contribution >= 0.6 is 0 Å². The molecule has 1 aliphatic rings. The van der Waals surface area contributed by atoms with E-state index in [1.54, 1.807) is 0 Å². The summed E-state index contributed by atoms with van der Waals surface area (Å²) in [6, 6.07) is 21.6. The standard InChI is InChI=1S/C36H33N5O/c1-20(2)23-12-11-16-29-32(23)34-33(36-40(6)26-13-7-8-14-27(26)41(29)36)24-18-25-31(28-15-9-10-17-39(28)5)21(3)38-22(4)35(25)42-30(24)19-37-34/h7-17,19-20H,18H2,1-6H3/q+2. The highest BCUT2D eigenvalue weighted by molar-refractivity contribution is 6.14. The molecule has 0 N–H and O–H groups in total. The molecule has 0 atom stereocenters. The molecular formula is C36H33N5O+2. The number of aryl methyl sites for hydroxylation is 4. The van der Waals surface area contributed by atoms with Gasteiger partial charge in [0, 0.05) is 29.7 Å². The Bertz CT molecular complexity index is 2280. The van der Waals surface area contributed by atoms with Crippen LogP contribution in [0.3, 0.4) is 0 Å². The first kappa shape index (κ1) is 24.9. The van der Waals surface area contributed by atoms with Crippen molar-refractivity contribution < 1.29 is 13.9 Å². The Labute approximate surface area is 244 Å². The van der Waals surface area contributed by atoms with E-state index in [-0.39, 0.29) is 0 Å².